The summed E-state index contributed by atoms with van der Waals surface area (Å²) >= 11 is 0. The van der Waals surface area contributed by atoms with Gasteiger partial charge in [-0.1, -0.05) is 48.5 Å². The zero-order valence-corrected chi connectivity index (χ0v) is 17.4. The van der Waals surface area contributed by atoms with Gasteiger partial charge in [0.1, 0.15) is 11.7 Å². The van der Waals surface area contributed by atoms with Crippen LogP contribution < -0.4 is 0 Å². The van der Waals surface area contributed by atoms with Crippen molar-refractivity contribution in [3.05, 3.63) is 89.0 Å². The fraction of sp³-hybridized carbons (Fsp3) is 0.280. The molecule has 158 valence electrons. The van der Waals surface area contributed by atoms with Crippen LogP contribution in [0.15, 0.2) is 77.9 Å². The molecule has 0 aliphatic carbocycles. The molecule has 3 aliphatic rings. The first-order valence-electron chi connectivity index (χ1n) is 10.3. The standard InChI is InChI=1S/C25H24NO5/c1-29-23-22-21(24(28)30-2)19-11-12-25(22,31-19)20(14-16-7-4-3-5-8-16)26(23)18-10-6-9-17(13-18)15-27/h3-13,19-20,27H,14-15H2,1-2H3/q+1. The predicted octanol–water partition coefficient (Wildman–Crippen LogP) is 2.67. The van der Waals surface area contributed by atoms with Crippen LogP contribution >= 0.6 is 0 Å². The van der Waals surface area contributed by atoms with Crippen LogP contribution in [0.3, 0.4) is 0 Å². The van der Waals surface area contributed by atoms with Crippen LogP contribution in [0, 0.1) is 0 Å². The number of hydrogen-bond donors (Lipinski definition) is 1. The number of rotatable bonds is 5. The largest absolute Gasteiger partial charge is 0.466 e. The first kappa shape index (κ1) is 19.7. The van der Waals surface area contributed by atoms with Gasteiger partial charge in [0.2, 0.25) is 11.7 Å². The molecule has 3 atom stereocenters. The molecule has 31 heavy (non-hydrogen) atoms. The van der Waals surface area contributed by atoms with E-state index in [2.05, 4.69) is 16.7 Å². The van der Waals surface area contributed by atoms with Gasteiger partial charge in [-0.05, 0) is 17.2 Å². The summed E-state index contributed by atoms with van der Waals surface area (Å²) in [6, 6.07) is 17.7. The number of carbonyl (C=O) groups excluding carboxylic acids is 1. The number of carbonyl (C=O) groups is 1. The fourth-order valence-electron chi connectivity index (χ4n) is 4.97. The molecule has 3 heterocycles. The van der Waals surface area contributed by atoms with Crippen LogP contribution in [-0.4, -0.2) is 53.5 Å². The van der Waals surface area contributed by atoms with E-state index in [0.29, 0.717) is 17.9 Å². The summed E-state index contributed by atoms with van der Waals surface area (Å²) in [6.07, 6.45) is 4.19. The van der Waals surface area contributed by atoms with Crippen molar-refractivity contribution >= 4 is 17.6 Å². The maximum Gasteiger partial charge on any atom is 0.375 e. The molecule has 0 radical (unpaired) electrons. The van der Waals surface area contributed by atoms with Crippen LogP contribution in [0.1, 0.15) is 11.1 Å². The molecule has 0 saturated heterocycles. The van der Waals surface area contributed by atoms with Gasteiger partial charge < -0.3 is 19.3 Å². The van der Waals surface area contributed by atoms with Crippen molar-refractivity contribution in [2.24, 2.45) is 0 Å². The van der Waals surface area contributed by atoms with Gasteiger partial charge in [-0.15, -0.1) is 0 Å². The Morgan fingerprint density at radius 1 is 1.13 bits per heavy atom. The number of ether oxygens (including phenoxy) is 3. The monoisotopic (exact) mass is 418 g/mol. The van der Waals surface area contributed by atoms with E-state index in [1.165, 1.54) is 7.11 Å². The summed E-state index contributed by atoms with van der Waals surface area (Å²) in [5.74, 6) is 0.161. The zero-order valence-electron chi connectivity index (χ0n) is 17.4. The minimum absolute atomic E-state index is 0.0624. The maximum atomic E-state index is 12.7. The summed E-state index contributed by atoms with van der Waals surface area (Å²) in [6.45, 7) is -0.0624. The number of aliphatic hydroxyl groups excluding tert-OH is 1. The lowest BCUT2D eigenvalue weighted by atomic mass is 9.81. The smallest absolute Gasteiger partial charge is 0.375 e. The summed E-state index contributed by atoms with van der Waals surface area (Å²) in [7, 11) is 2.98. The second-order valence-corrected chi connectivity index (χ2v) is 7.88. The van der Waals surface area contributed by atoms with E-state index in [1.54, 1.807) is 7.11 Å². The van der Waals surface area contributed by atoms with Gasteiger partial charge in [0.15, 0.2) is 5.60 Å². The van der Waals surface area contributed by atoms with Crippen molar-refractivity contribution in [2.45, 2.75) is 30.8 Å². The molecule has 3 unspecified atom stereocenters. The Labute approximate surface area is 180 Å². The molecule has 1 N–H and O–H groups in total. The van der Waals surface area contributed by atoms with Crippen LogP contribution in [0.2, 0.25) is 0 Å². The van der Waals surface area contributed by atoms with Crippen molar-refractivity contribution in [1.82, 2.24) is 0 Å². The molecule has 6 heteroatoms. The van der Waals surface area contributed by atoms with Crippen LogP contribution in [0.25, 0.3) is 0 Å². The maximum absolute atomic E-state index is 12.7. The number of benzene rings is 2. The number of fused-ring (bicyclic) bond motifs is 1. The van der Waals surface area contributed by atoms with Gasteiger partial charge in [0.25, 0.3) is 0 Å². The third kappa shape index (κ3) is 2.86. The average Bonchev–Trinajstić information content (AvgIpc) is 3.46. The van der Waals surface area contributed by atoms with Gasteiger partial charge >= 0.3 is 11.9 Å². The Kier molecular flexibility index (Phi) is 4.76. The summed E-state index contributed by atoms with van der Waals surface area (Å²) in [5.41, 5.74) is 3.21. The Balaban J connectivity index is 1.75. The summed E-state index contributed by atoms with van der Waals surface area (Å²) < 4.78 is 19.5. The van der Waals surface area contributed by atoms with E-state index in [-0.39, 0.29) is 12.6 Å². The molecule has 2 aromatic carbocycles. The number of aliphatic hydroxyl groups is 1. The molecule has 5 rings (SSSR count). The lowest BCUT2D eigenvalue weighted by Gasteiger charge is -2.24. The van der Waals surface area contributed by atoms with E-state index in [9.17, 15) is 9.90 Å². The van der Waals surface area contributed by atoms with Crippen LogP contribution in [-0.2, 0) is 32.0 Å². The Bertz CT molecular complexity index is 1130. The van der Waals surface area contributed by atoms with Crippen molar-refractivity contribution < 1.29 is 28.7 Å². The van der Waals surface area contributed by atoms with E-state index in [4.69, 9.17) is 14.2 Å². The number of nitrogens with zero attached hydrogens (tertiary/aromatic N) is 1. The minimum atomic E-state index is -0.815. The summed E-state index contributed by atoms with van der Waals surface area (Å²) in [4.78, 5) is 12.7. The first-order valence-corrected chi connectivity index (χ1v) is 10.3. The third-order valence-electron chi connectivity index (χ3n) is 6.27. The van der Waals surface area contributed by atoms with Gasteiger partial charge in [0, 0.05) is 18.6 Å². The van der Waals surface area contributed by atoms with E-state index in [1.807, 2.05) is 54.6 Å². The SMILES string of the molecule is COC(=O)C1=C2C(OC)=[N+](c3cccc(CO)c3)C(Cc3ccccc3)C23C=CC1O3. The lowest BCUT2D eigenvalue weighted by molar-refractivity contribution is -0.499. The molecule has 2 aromatic rings. The highest BCUT2D eigenvalue weighted by Crippen LogP contribution is 2.52. The molecule has 0 aromatic heterocycles. The van der Waals surface area contributed by atoms with Crippen molar-refractivity contribution in [3.8, 4) is 0 Å². The Morgan fingerprint density at radius 3 is 2.61 bits per heavy atom. The van der Waals surface area contributed by atoms with E-state index in [0.717, 1.165) is 22.4 Å². The Hall–Kier alpha value is -3.22. The Morgan fingerprint density at radius 2 is 1.90 bits per heavy atom. The molecule has 0 amide bonds. The van der Waals surface area contributed by atoms with Gasteiger partial charge in [-0.25, -0.2) is 4.79 Å². The summed E-state index contributed by atoms with van der Waals surface area (Å²) in [5, 5.41) is 9.68. The molecule has 6 nitrogen and oxygen atoms in total. The van der Waals surface area contributed by atoms with E-state index >= 15 is 0 Å². The van der Waals surface area contributed by atoms with Crippen molar-refractivity contribution in [3.63, 3.8) is 0 Å². The molecule has 2 bridgehead atoms. The van der Waals surface area contributed by atoms with Crippen LogP contribution in [0.5, 0.6) is 0 Å². The first-order chi connectivity index (χ1) is 15.1. The van der Waals surface area contributed by atoms with Crippen LogP contribution in [0.4, 0.5) is 5.69 Å². The molecule has 0 fully saturated rings. The average molecular weight is 418 g/mol. The van der Waals surface area contributed by atoms with Gasteiger partial charge in [-0.2, -0.15) is 4.58 Å². The zero-order chi connectivity index (χ0) is 21.6. The second kappa shape index (κ2) is 7.48. The number of hydrogen-bond acceptors (Lipinski definition) is 5. The topological polar surface area (TPSA) is 68.0 Å². The third-order valence-corrected chi connectivity index (χ3v) is 6.27. The van der Waals surface area contributed by atoms with Crippen molar-refractivity contribution in [2.75, 3.05) is 14.2 Å². The van der Waals surface area contributed by atoms with Gasteiger partial charge in [0.05, 0.1) is 26.4 Å². The number of methoxy groups -OCH3 is 2. The molecule has 3 aliphatic heterocycles. The van der Waals surface area contributed by atoms with Gasteiger partial charge in [-0.3, -0.25) is 0 Å². The quantitative estimate of drug-likeness (QED) is 0.459. The molecule has 1 spiro atoms. The molecule has 0 saturated carbocycles. The highest BCUT2D eigenvalue weighted by Gasteiger charge is 2.68. The molecular weight excluding hydrogens is 394 g/mol. The fourth-order valence-corrected chi connectivity index (χ4v) is 4.97. The molecular formula is C25H24NO5+. The highest BCUT2D eigenvalue weighted by atomic mass is 16.5. The highest BCUT2D eigenvalue weighted by molar-refractivity contribution is 6.07. The second-order valence-electron chi connectivity index (χ2n) is 7.88. The van der Waals surface area contributed by atoms with E-state index < -0.39 is 17.7 Å². The normalized spacial score (nSPS) is 25.9. The lowest BCUT2D eigenvalue weighted by Crippen LogP contribution is -2.43. The number of esters is 1. The van der Waals surface area contributed by atoms with Crippen molar-refractivity contribution in [1.29, 1.82) is 0 Å². The predicted molar refractivity (Wildman–Crippen MR) is 114 cm³/mol. The minimum Gasteiger partial charge on any atom is -0.466 e.